The molecular weight excluding hydrogens is 186 g/mol. The maximum atomic E-state index is 11.2. The Balaban J connectivity index is 3.73. The van der Waals surface area contributed by atoms with E-state index < -0.39 is 17.9 Å². The van der Waals surface area contributed by atoms with Crippen molar-refractivity contribution in [3.8, 4) is 0 Å². The maximum absolute atomic E-state index is 11.2. The summed E-state index contributed by atoms with van der Waals surface area (Å²) in [6.07, 6.45) is 0.502. The number of rotatable bonds is 7. The van der Waals surface area contributed by atoms with E-state index in [-0.39, 0.29) is 25.0 Å². The Kier molecular flexibility index (Phi) is 5.47. The molecule has 0 aliphatic rings. The van der Waals surface area contributed by atoms with Crippen molar-refractivity contribution in [1.82, 2.24) is 0 Å². The summed E-state index contributed by atoms with van der Waals surface area (Å²) in [5.74, 6) is -1.34. The van der Waals surface area contributed by atoms with Crippen molar-refractivity contribution in [2.45, 2.75) is 31.7 Å². The molecule has 0 saturated heterocycles. The quantitative estimate of drug-likeness (QED) is 0.458. The molecule has 0 bridgehead atoms. The fraction of sp³-hybridized carbons (Fsp3) is 0.625. The van der Waals surface area contributed by atoms with E-state index >= 15 is 0 Å². The van der Waals surface area contributed by atoms with Gasteiger partial charge in [-0.25, -0.2) is 0 Å². The van der Waals surface area contributed by atoms with Crippen molar-refractivity contribution in [3.05, 3.63) is 0 Å². The van der Waals surface area contributed by atoms with Crippen molar-refractivity contribution >= 4 is 17.6 Å². The molecule has 0 spiro atoms. The van der Waals surface area contributed by atoms with E-state index in [2.05, 4.69) is 0 Å². The molecule has 0 fully saturated rings. The number of amides is 2. The van der Waals surface area contributed by atoms with E-state index in [4.69, 9.17) is 17.2 Å². The second-order valence-electron chi connectivity index (χ2n) is 3.06. The zero-order valence-corrected chi connectivity index (χ0v) is 7.86. The van der Waals surface area contributed by atoms with Crippen LogP contribution in [-0.2, 0) is 14.4 Å². The second kappa shape index (κ2) is 6.09. The highest BCUT2D eigenvalue weighted by Crippen LogP contribution is 2.00. The Labute approximate surface area is 81.8 Å². The van der Waals surface area contributed by atoms with Gasteiger partial charge in [0.2, 0.25) is 11.8 Å². The molecule has 0 aromatic heterocycles. The molecule has 0 aromatic rings. The summed E-state index contributed by atoms with van der Waals surface area (Å²) in [5.41, 5.74) is 15.1. The lowest BCUT2D eigenvalue weighted by Crippen LogP contribution is -2.35. The Hall–Kier alpha value is -1.43. The van der Waals surface area contributed by atoms with Crippen LogP contribution in [0.3, 0.4) is 0 Å². The Bertz CT molecular complexity index is 240. The number of Topliss-reactive ketones (excluding diaryl/α,β-unsaturated/α-hetero) is 1. The highest BCUT2D eigenvalue weighted by molar-refractivity contribution is 5.89. The number of nitrogens with two attached hydrogens (primary N) is 3. The monoisotopic (exact) mass is 201 g/mol. The minimum absolute atomic E-state index is 0.148. The van der Waals surface area contributed by atoms with Gasteiger partial charge in [-0.2, -0.15) is 0 Å². The van der Waals surface area contributed by atoms with Gasteiger partial charge in [-0.15, -0.1) is 0 Å². The van der Waals surface area contributed by atoms with Crippen LogP contribution in [0.1, 0.15) is 25.7 Å². The first kappa shape index (κ1) is 12.6. The van der Waals surface area contributed by atoms with Gasteiger partial charge < -0.3 is 17.2 Å². The van der Waals surface area contributed by atoms with E-state index in [1.807, 2.05) is 0 Å². The summed E-state index contributed by atoms with van der Waals surface area (Å²) in [4.78, 5) is 31.9. The third-order valence-electron chi connectivity index (χ3n) is 1.68. The summed E-state index contributed by atoms with van der Waals surface area (Å²) in [5, 5.41) is 0. The van der Waals surface area contributed by atoms with Crippen molar-refractivity contribution in [3.63, 3.8) is 0 Å². The van der Waals surface area contributed by atoms with Crippen LogP contribution in [-0.4, -0.2) is 23.6 Å². The minimum Gasteiger partial charge on any atom is -0.370 e. The third-order valence-corrected chi connectivity index (χ3v) is 1.68. The number of primary amides is 2. The maximum Gasteiger partial charge on any atom is 0.219 e. The molecule has 80 valence electrons. The topological polar surface area (TPSA) is 129 Å². The summed E-state index contributed by atoms with van der Waals surface area (Å²) in [6.45, 7) is 0. The lowest BCUT2D eigenvalue weighted by Gasteiger charge is -2.06. The molecule has 0 aliphatic carbocycles. The molecule has 0 heterocycles. The van der Waals surface area contributed by atoms with Gasteiger partial charge in [0, 0.05) is 19.3 Å². The first-order valence-corrected chi connectivity index (χ1v) is 4.28. The molecule has 6 nitrogen and oxygen atoms in total. The van der Waals surface area contributed by atoms with Crippen LogP contribution in [0.4, 0.5) is 0 Å². The normalized spacial score (nSPS) is 12.1. The van der Waals surface area contributed by atoms with Crippen molar-refractivity contribution in [2.24, 2.45) is 17.2 Å². The van der Waals surface area contributed by atoms with Gasteiger partial charge in [-0.3, -0.25) is 14.4 Å². The second-order valence-corrected chi connectivity index (χ2v) is 3.06. The molecule has 6 N–H and O–H groups in total. The van der Waals surface area contributed by atoms with Crippen LogP contribution in [0.15, 0.2) is 0 Å². The zero-order chi connectivity index (χ0) is 11.1. The van der Waals surface area contributed by atoms with Gasteiger partial charge in [0.1, 0.15) is 5.78 Å². The highest BCUT2D eigenvalue weighted by atomic mass is 16.2. The molecule has 0 aliphatic heterocycles. The minimum atomic E-state index is -0.861. The highest BCUT2D eigenvalue weighted by Gasteiger charge is 2.15. The van der Waals surface area contributed by atoms with Gasteiger partial charge in [-0.1, -0.05) is 0 Å². The molecule has 0 radical (unpaired) electrons. The van der Waals surface area contributed by atoms with Crippen LogP contribution >= 0.6 is 0 Å². The number of carbonyl (C=O) groups is 3. The molecular formula is C8H15N3O3. The van der Waals surface area contributed by atoms with Gasteiger partial charge >= 0.3 is 0 Å². The van der Waals surface area contributed by atoms with Gasteiger partial charge in [0.05, 0.1) is 6.04 Å². The van der Waals surface area contributed by atoms with Crippen LogP contribution in [0.25, 0.3) is 0 Å². The predicted octanol–water partition coefficient (Wildman–Crippen LogP) is -1.59. The Morgan fingerprint density at radius 2 is 1.57 bits per heavy atom. The van der Waals surface area contributed by atoms with Crippen molar-refractivity contribution in [1.29, 1.82) is 0 Å². The SMILES string of the molecule is NC(=O)CCCC(=O)[C@@H](N)CC(N)=O. The summed E-state index contributed by atoms with van der Waals surface area (Å²) in [6, 6.07) is -0.861. The summed E-state index contributed by atoms with van der Waals surface area (Å²) < 4.78 is 0. The van der Waals surface area contributed by atoms with E-state index in [9.17, 15) is 14.4 Å². The van der Waals surface area contributed by atoms with Gasteiger partial charge in [0.15, 0.2) is 0 Å². The van der Waals surface area contributed by atoms with Crippen LogP contribution in [0.5, 0.6) is 0 Å². The lowest BCUT2D eigenvalue weighted by molar-refractivity contribution is -0.125. The van der Waals surface area contributed by atoms with Crippen LogP contribution in [0.2, 0.25) is 0 Å². The van der Waals surface area contributed by atoms with Crippen molar-refractivity contribution < 1.29 is 14.4 Å². The average molecular weight is 201 g/mol. The number of ketones is 1. The molecule has 14 heavy (non-hydrogen) atoms. The number of carbonyl (C=O) groups excluding carboxylic acids is 3. The molecule has 6 heteroatoms. The zero-order valence-electron chi connectivity index (χ0n) is 7.86. The average Bonchev–Trinajstić information content (AvgIpc) is 2.01. The molecule has 0 rings (SSSR count). The van der Waals surface area contributed by atoms with E-state index in [1.165, 1.54) is 0 Å². The van der Waals surface area contributed by atoms with Crippen LogP contribution in [0, 0.1) is 0 Å². The fourth-order valence-corrected chi connectivity index (χ4v) is 0.953. The molecule has 0 unspecified atom stereocenters. The molecule has 1 atom stereocenters. The molecule has 2 amide bonds. The summed E-state index contributed by atoms with van der Waals surface area (Å²) in [7, 11) is 0. The number of hydrogen-bond donors (Lipinski definition) is 3. The number of hydrogen-bond acceptors (Lipinski definition) is 4. The molecule has 0 aromatic carbocycles. The Morgan fingerprint density at radius 3 is 2.00 bits per heavy atom. The Morgan fingerprint density at radius 1 is 1.00 bits per heavy atom. The van der Waals surface area contributed by atoms with E-state index in [0.29, 0.717) is 6.42 Å². The standard InChI is InChI=1S/C8H15N3O3/c9-5(4-8(11)14)6(12)2-1-3-7(10)13/h5H,1-4,9H2,(H2,10,13)(H2,11,14)/t5-/m0/s1. The lowest BCUT2D eigenvalue weighted by atomic mass is 10.0. The smallest absolute Gasteiger partial charge is 0.219 e. The third kappa shape index (κ3) is 6.13. The van der Waals surface area contributed by atoms with E-state index in [1.54, 1.807) is 0 Å². The van der Waals surface area contributed by atoms with Gasteiger partial charge in [0.25, 0.3) is 0 Å². The van der Waals surface area contributed by atoms with E-state index in [0.717, 1.165) is 0 Å². The van der Waals surface area contributed by atoms with Gasteiger partial charge in [-0.05, 0) is 6.42 Å². The fourth-order valence-electron chi connectivity index (χ4n) is 0.953. The molecule has 0 saturated carbocycles. The summed E-state index contributed by atoms with van der Waals surface area (Å²) >= 11 is 0. The predicted molar refractivity (Wildman–Crippen MR) is 49.8 cm³/mol. The first-order chi connectivity index (χ1) is 6.43. The first-order valence-electron chi connectivity index (χ1n) is 4.28. The largest absolute Gasteiger partial charge is 0.370 e. The van der Waals surface area contributed by atoms with Crippen molar-refractivity contribution in [2.75, 3.05) is 0 Å². The van der Waals surface area contributed by atoms with Crippen LogP contribution < -0.4 is 17.2 Å².